The molecule has 0 aliphatic heterocycles. The minimum absolute atomic E-state index is 0.0759. The lowest BCUT2D eigenvalue weighted by Gasteiger charge is -2.10. The third-order valence-corrected chi connectivity index (χ3v) is 4.18. The highest BCUT2D eigenvalue weighted by Gasteiger charge is 2.22. The maximum Gasteiger partial charge on any atom is 0.330 e. The van der Waals surface area contributed by atoms with Crippen LogP contribution in [0, 0.1) is 10.1 Å². The van der Waals surface area contributed by atoms with Crippen LogP contribution in [-0.2, 0) is 0 Å². The Hall–Kier alpha value is -1.41. The summed E-state index contributed by atoms with van der Waals surface area (Å²) in [6, 6.07) is 3.73. The molecule has 8 heteroatoms. The summed E-state index contributed by atoms with van der Waals surface area (Å²) in [7, 11) is 0. The first-order valence-electron chi connectivity index (χ1n) is 4.73. The van der Waals surface area contributed by atoms with E-state index in [-0.39, 0.29) is 17.5 Å². The van der Waals surface area contributed by atoms with Crippen molar-refractivity contribution in [1.82, 2.24) is 9.78 Å². The van der Waals surface area contributed by atoms with Crippen molar-refractivity contribution in [1.29, 1.82) is 0 Å². The van der Waals surface area contributed by atoms with E-state index in [0.717, 1.165) is 8.66 Å². The molecule has 2 aromatic heterocycles. The van der Waals surface area contributed by atoms with E-state index >= 15 is 0 Å². The zero-order valence-corrected chi connectivity index (χ0v) is 11.2. The van der Waals surface area contributed by atoms with E-state index < -0.39 is 4.92 Å². The molecule has 17 heavy (non-hydrogen) atoms. The van der Waals surface area contributed by atoms with Gasteiger partial charge in [-0.15, -0.1) is 11.3 Å². The quantitative estimate of drug-likeness (QED) is 0.696. The Kier molecular flexibility index (Phi) is 3.16. The Morgan fingerprint density at radius 1 is 1.65 bits per heavy atom. The van der Waals surface area contributed by atoms with E-state index in [0.29, 0.717) is 0 Å². The van der Waals surface area contributed by atoms with Crippen molar-refractivity contribution in [3.05, 3.63) is 37.1 Å². The molecule has 2 rings (SSSR count). The molecule has 0 spiro atoms. The molecule has 2 heterocycles. The Balaban J connectivity index is 2.38. The number of hydrogen-bond acceptors (Lipinski definition) is 5. The van der Waals surface area contributed by atoms with Crippen molar-refractivity contribution < 1.29 is 4.92 Å². The van der Waals surface area contributed by atoms with Crippen LogP contribution in [0.1, 0.15) is 17.8 Å². The van der Waals surface area contributed by atoms with E-state index in [9.17, 15) is 10.1 Å². The molecular formula is C9H9BrN4O2S. The van der Waals surface area contributed by atoms with Gasteiger partial charge in [0.15, 0.2) is 0 Å². The summed E-state index contributed by atoms with van der Waals surface area (Å²) in [4.78, 5) is 11.2. The highest BCUT2D eigenvalue weighted by atomic mass is 79.9. The molecule has 0 radical (unpaired) electrons. The second-order valence-electron chi connectivity index (χ2n) is 3.43. The lowest BCUT2D eigenvalue weighted by molar-refractivity contribution is -0.384. The van der Waals surface area contributed by atoms with Crippen LogP contribution in [0.5, 0.6) is 0 Å². The Labute approximate surface area is 109 Å². The summed E-state index contributed by atoms with van der Waals surface area (Å²) in [5.74, 6) is 0.0759. The molecule has 2 aromatic rings. The van der Waals surface area contributed by atoms with Gasteiger partial charge in [0.2, 0.25) is 5.82 Å². The van der Waals surface area contributed by atoms with Crippen molar-refractivity contribution >= 4 is 38.8 Å². The molecule has 0 bridgehead atoms. The van der Waals surface area contributed by atoms with Crippen LogP contribution in [0.4, 0.5) is 11.5 Å². The van der Waals surface area contributed by atoms with Gasteiger partial charge in [-0.1, -0.05) is 0 Å². The van der Waals surface area contributed by atoms with Crippen LogP contribution in [-0.4, -0.2) is 14.7 Å². The molecule has 2 N–H and O–H groups in total. The Bertz CT molecular complexity index is 565. The first-order chi connectivity index (χ1) is 8.00. The zero-order valence-electron chi connectivity index (χ0n) is 8.83. The highest BCUT2D eigenvalue weighted by molar-refractivity contribution is 9.11. The van der Waals surface area contributed by atoms with Crippen LogP contribution < -0.4 is 5.73 Å². The summed E-state index contributed by atoms with van der Waals surface area (Å²) in [6.45, 7) is 1.89. The van der Waals surface area contributed by atoms with Gasteiger partial charge in [0, 0.05) is 4.88 Å². The van der Waals surface area contributed by atoms with Gasteiger partial charge in [-0.25, -0.2) is 4.68 Å². The standard InChI is InChI=1S/C9H9BrN4O2S/c1-5(7-2-3-8(10)17-7)13-9(11)6(4-12-13)14(15)16/h2-5H,11H2,1H3. The topological polar surface area (TPSA) is 87.0 Å². The van der Waals surface area contributed by atoms with Gasteiger partial charge in [0.05, 0.1) is 14.8 Å². The molecular weight excluding hydrogens is 308 g/mol. The number of aromatic nitrogens is 2. The molecule has 6 nitrogen and oxygen atoms in total. The van der Waals surface area contributed by atoms with Gasteiger partial charge in [-0.05, 0) is 35.0 Å². The predicted octanol–water partition coefficient (Wildman–Crippen LogP) is 2.81. The van der Waals surface area contributed by atoms with Crippen molar-refractivity contribution in [2.24, 2.45) is 0 Å². The van der Waals surface area contributed by atoms with Gasteiger partial charge in [-0.3, -0.25) is 10.1 Å². The second-order valence-corrected chi connectivity index (χ2v) is 5.93. The lowest BCUT2D eigenvalue weighted by Crippen LogP contribution is -2.10. The van der Waals surface area contributed by atoms with Crippen molar-refractivity contribution in [3.63, 3.8) is 0 Å². The molecule has 0 saturated heterocycles. The number of halogens is 1. The molecule has 0 amide bonds. The smallest absolute Gasteiger partial charge is 0.330 e. The van der Waals surface area contributed by atoms with Crippen LogP contribution in [0.2, 0.25) is 0 Å². The van der Waals surface area contributed by atoms with Gasteiger partial charge in [0.1, 0.15) is 6.20 Å². The maximum atomic E-state index is 10.7. The SMILES string of the molecule is CC(c1ccc(Br)s1)n1ncc([N+](=O)[O-])c1N. The average molecular weight is 317 g/mol. The molecule has 90 valence electrons. The van der Waals surface area contributed by atoms with E-state index in [1.165, 1.54) is 10.9 Å². The maximum absolute atomic E-state index is 10.7. The van der Waals surface area contributed by atoms with E-state index in [1.807, 2.05) is 19.1 Å². The minimum atomic E-state index is -0.532. The molecule has 1 atom stereocenters. The number of nitrogen functional groups attached to an aromatic ring is 1. The predicted molar refractivity (Wildman–Crippen MR) is 69.1 cm³/mol. The first kappa shape index (κ1) is 12.1. The molecule has 0 aliphatic carbocycles. The van der Waals surface area contributed by atoms with Gasteiger partial charge in [0.25, 0.3) is 0 Å². The van der Waals surface area contributed by atoms with Gasteiger partial charge in [-0.2, -0.15) is 5.10 Å². The number of rotatable bonds is 3. The zero-order chi connectivity index (χ0) is 12.6. The summed E-state index contributed by atoms with van der Waals surface area (Å²) >= 11 is 4.92. The van der Waals surface area contributed by atoms with Gasteiger partial charge < -0.3 is 5.73 Å². The first-order valence-corrected chi connectivity index (χ1v) is 6.34. The number of thiophene rings is 1. The number of hydrogen-bond donors (Lipinski definition) is 1. The molecule has 0 aromatic carbocycles. The third kappa shape index (κ3) is 2.18. The summed E-state index contributed by atoms with van der Waals surface area (Å²) in [6.07, 6.45) is 1.18. The van der Waals surface area contributed by atoms with Crippen molar-refractivity contribution in [2.75, 3.05) is 5.73 Å². The van der Waals surface area contributed by atoms with Gasteiger partial charge >= 0.3 is 5.69 Å². The average Bonchev–Trinajstić information content (AvgIpc) is 2.83. The van der Waals surface area contributed by atoms with E-state index in [4.69, 9.17) is 5.73 Å². The summed E-state index contributed by atoms with van der Waals surface area (Å²) in [5, 5.41) is 14.6. The normalized spacial score (nSPS) is 12.6. The fourth-order valence-electron chi connectivity index (χ4n) is 1.49. The molecule has 1 unspecified atom stereocenters. The Morgan fingerprint density at radius 2 is 2.35 bits per heavy atom. The van der Waals surface area contributed by atoms with Crippen LogP contribution >= 0.6 is 27.3 Å². The number of nitro groups is 1. The van der Waals surface area contributed by atoms with Crippen molar-refractivity contribution in [2.45, 2.75) is 13.0 Å². The third-order valence-electron chi connectivity index (χ3n) is 2.38. The molecule has 0 saturated carbocycles. The van der Waals surface area contributed by atoms with Crippen LogP contribution in [0.15, 0.2) is 22.1 Å². The Morgan fingerprint density at radius 3 is 2.82 bits per heavy atom. The number of nitrogens with zero attached hydrogens (tertiary/aromatic N) is 3. The van der Waals surface area contributed by atoms with Crippen LogP contribution in [0.3, 0.4) is 0 Å². The van der Waals surface area contributed by atoms with Crippen LogP contribution in [0.25, 0.3) is 0 Å². The molecule has 0 aliphatic rings. The monoisotopic (exact) mass is 316 g/mol. The largest absolute Gasteiger partial charge is 0.378 e. The summed E-state index contributed by atoms with van der Waals surface area (Å²) < 4.78 is 2.45. The fourth-order valence-corrected chi connectivity index (χ4v) is 2.95. The van der Waals surface area contributed by atoms with Crippen molar-refractivity contribution in [3.8, 4) is 0 Å². The minimum Gasteiger partial charge on any atom is -0.378 e. The van der Waals surface area contributed by atoms with E-state index in [1.54, 1.807) is 11.3 Å². The lowest BCUT2D eigenvalue weighted by atomic mass is 10.3. The highest BCUT2D eigenvalue weighted by Crippen LogP contribution is 2.32. The number of nitrogens with two attached hydrogens (primary N) is 1. The summed E-state index contributed by atoms with van der Waals surface area (Å²) in [5.41, 5.74) is 5.54. The molecule has 0 fully saturated rings. The second kappa shape index (κ2) is 4.46. The van der Waals surface area contributed by atoms with E-state index in [2.05, 4.69) is 21.0 Å². The fraction of sp³-hybridized carbons (Fsp3) is 0.222. The number of anilines is 1.